The minimum Gasteiger partial charge on any atom is -0.381 e. The van der Waals surface area contributed by atoms with Crippen LogP contribution in [0.4, 0.5) is 13.2 Å². The van der Waals surface area contributed by atoms with Crippen LogP contribution in [0.15, 0.2) is 18.2 Å². The molecular weight excluding hydrogens is 245 g/mol. The number of carbonyl (C=O) groups excluding carboxylic acids is 1. The Labute approximate surface area is 103 Å². The number of ketones is 1. The molecule has 98 valence electrons. The number of hydrogen-bond donors (Lipinski definition) is 0. The van der Waals surface area contributed by atoms with E-state index in [0.717, 1.165) is 12.1 Å². The van der Waals surface area contributed by atoms with Crippen molar-refractivity contribution in [2.75, 3.05) is 13.2 Å². The number of rotatable bonds is 2. The molecule has 0 radical (unpaired) electrons. The van der Waals surface area contributed by atoms with E-state index >= 15 is 0 Å². The summed E-state index contributed by atoms with van der Waals surface area (Å²) in [5, 5.41) is 0. The Balaban J connectivity index is 2.27. The molecule has 1 fully saturated rings. The quantitative estimate of drug-likeness (QED) is 0.761. The second-order valence-corrected chi connectivity index (χ2v) is 4.45. The fourth-order valence-electron chi connectivity index (χ4n) is 2.08. The lowest BCUT2D eigenvalue weighted by Gasteiger charge is -2.12. The van der Waals surface area contributed by atoms with Crippen molar-refractivity contribution in [3.63, 3.8) is 0 Å². The van der Waals surface area contributed by atoms with Gasteiger partial charge in [0, 0.05) is 18.1 Å². The summed E-state index contributed by atoms with van der Waals surface area (Å²) in [6, 6.07) is 3.23. The van der Waals surface area contributed by atoms with Crippen LogP contribution >= 0.6 is 0 Å². The van der Waals surface area contributed by atoms with E-state index in [4.69, 9.17) is 4.74 Å². The van der Waals surface area contributed by atoms with Crippen molar-refractivity contribution in [3.05, 3.63) is 34.9 Å². The Morgan fingerprint density at radius 2 is 2.11 bits per heavy atom. The number of ether oxygens (including phenoxy) is 1. The molecule has 2 rings (SSSR count). The van der Waals surface area contributed by atoms with Crippen LogP contribution in [0.1, 0.15) is 27.9 Å². The molecule has 18 heavy (non-hydrogen) atoms. The molecule has 0 aromatic heterocycles. The third-order valence-corrected chi connectivity index (χ3v) is 3.12. The molecule has 0 bridgehead atoms. The van der Waals surface area contributed by atoms with E-state index in [2.05, 4.69) is 0 Å². The van der Waals surface area contributed by atoms with E-state index < -0.39 is 11.7 Å². The maximum atomic E-state index is 12.5. The van der Waals surface area contributed by atoms with Crippen LogP contribution in [-0.4, -0.2) is 19.0 Å². The fraction of sp³-hybridized carbons (Fsp3) is 0.462. The highest BCUT2D eigenvalue weighted by Gasteiger charge is 2.32. The number of aryl methyl sites for hydroxylation is 1. The van der Waals surface area contributed by atoms with Gasteiger partial charge >= 0.3 is 6.18 Å². The Bertz CT molecular complexity index is 460. The van der Waals surface area contributed by atoms with Crippen molar-refractivity contribution in [1.29, 1.82) is 0 Å². The lowest BCUT2D eigenvalue weighted by molar-refractivity contribution is -0.137. The van der Waals surface area contributed by atoms with Crippen molar-refractivity contribution in [2.24, 2.45) is 5.92 Å². The van der Waals surface area contributed by atoms with Crippen LogP contribution in [0.3, 0.4) is 0 Å². The molecule has 0 N–H and O–H groups in total. The summed E-state index contributed by atoms with van der Waals surface area (Å²) in [6.45, 7) is 2.42. The Morgan fingerprint density at radius 3 is 2.61 bits per heavy atom. The SMILES string of the molecule is Cc1cc(C(F)(F)F)ccc1C(=O)C1CCOC1. The van der Waals surface area contributed by atoms with Gasteiger partial charge in [0.2, 0.25) is 0 Å². The van der Waals surface area contributed by atoms with Gasteiger partial charge in [0.1, 0.15) is 0 Å². The molecule has 1 heterocycles. The summed E-state index contributed by atoms with van der Waals surface area (Å²) in [5.74, 6) is -0.348. The van der Waals surface area contributed by atoms with Crippen molar-refractivity contribution >= 4 is 5.78 Å². The predicted molar refractivity (Wildman–Crippen MR) is 59.4 cm³/mol. The summed E-state index contributed by atoms with van der Waals surface area (Å²) in [4.78, 5) is 12.1. The van der Waals surface area contributed by atoms with Gasteiger partial charge in [-0.05, 0) is 31.0 Å². The predicted octanol–water partition coefficient (Wildman–Crippen LogP) is 3.23. The van der Waals surface area contributed by atoms with Gasteiger partial charge in [-0.25, -0.2) is 0 Å². The molecule has 2 nitrogen and oxygen atoms in total. The van der Waals surface area contributed by atoms with Gasteiger partial charge in [0.05, 0.1) is 12.2 Å². The normalized spacial score (nSPS) is 20.1. The first kappa shape index (κ1) is 13.1. The van der Waals surface area contributed by atoms with E-state index in [1.54, 1.807) is 0 Å². The average molecular weight is 258 g/mol. The molecule has 0 spiro atoms. The second-order valence-electron chi connectivity index (χ2n) is 4.45. The molecule has 1 atom stereocenters. The lowest BCUT2D eigenvalue weighted by Crippen LogP contribution is -2.16. The van der Waals surface area contributed by atoms with Gasteiger partial charge in [0.15, 0.2) is 5.78 Å². The van der Waals surface area contributed by atoms with Gasteiger partial charge < -0.3 is 4.74 Å². The lowest BCUT2D eigenvalue weighted by atomic mass is 9.93. The highest BCUT2D eigenvalue weighted by molar-refractivity contribution is 5.99. The van der Waals surface area contributed by atoms with E-state index in [1.165, 1.54) is 13.0 Å². The molecule has 0 saturated carbocycles. The molecule has 1 aliphatic heterocycles. The topological polar surface area (TPSA) is 26.3 Å². The summed E-state index contributed by atoms with van der Waals surface area (Å²) in [6.07, 6.45) is -3.73. The third-order valence-electron chi connectivity index (χ3n) is 3.12. The zero-order chi connectivity index (χ0) is 13.3. The van der Waals surface area contributed by atoms with Crippen LogP contribution in [0, 0.1) is 12.8 Å². The minimum absolute atomic E-state index is 0.126. The molecule has 1 saturated heterocycles. The second kappa shape index (κ2) is 4.72. The number of benzene rings is 1. The van der Waals surface area contributed by atoms with Crippen LogP contribution in [0.2, 0.25) is 0 Å². The van der Waals surface area contributed by atoms with E-state index in [1.807, 2.05) is 0 Å². The minimum atomic E-state index is -4.37. The van der Waals surface area contributed by atoms with Gasteiger partial charge in [-0.15, -0.1) is 0 Å². The summed E-state index contributed by atoms with van der Waals surface area (Å²) in [7, 11) is 0. The zero-order valence-corrected chi connectivity index (χ0v) is 9.88. The first-order valence-electron chi connectivity index (χ1n) is 5.69. The smallest absolute Gasteiger partial charge is 0.381 e. The van der Waals surface area contributed by atoms with Crippen LogP contribution in [0.25, 0.3) is 0 Å². The number of alkyl halides is 3. The monoisotopic (exact) mass is 258 g/mol. The summed E-state index contributed by atoms with van der Waals surface area (Å²) >= 11 is 0. The summed E-state index contributed by atoms with van der Waals surface area (Å²) in [5.41, 5.74) is -0.000512. The first-order valence-corrected chi connectivity index (χ1v) is 5.69. The summed E-state index contributed by atoms with van der Waals surface area (Å²) < 4.78 is 42.6. The van der Waals surface area contributed by atoms with E-state index in [9.17, 15) is 18.0 Å². The highest BCUT2D eigenvalue weighted by Crippen LogP contribution is 2.31. The molecule has 5 heteroatoms. The molecule has 1 aromatic carbocycles. The fourth-order valence-corrected chi connectivity index (χ4v) is 2.08. The molecule has 1 unspecified atom stereocenters. The van der Waals surface area contributed by atoms with Crippen LogP contribution < -0.4 is 0 Å². The molecule has 0 aliphatic carbocycles. The van der Waals surface area contributed by atoms with Crippen LogP contribution in [-0.2, 0) is 10.9 Å². The first-order chi connectivity index (χ1) is 8.39. The van der Waals surface area contributed by atoms with E-state index in [-0.39, 0.29) is 11.7 Å². The molecular formula is C13H13F3O2. The van der Waals surface area contributed by atoms with E-state index in [0.29, 0.717) is 30.8 Å². The zero-order valence-electron chi connectivity index (χ0n) is 9.88. The number of hydrogen-bond acceptors (Lipinski definition) is 2. The Kier molecular flexibility index (Phi) is 3.43. The van der Waals surface area contributed by atoms with Crippen molar-refractivity contribution in [2.45, 2.75) is 19.5 Å². The van der Waals surface area contributed by atoms with Crippen molar-refractivity contribution in [1.82, 2.24) is 0 Å². The molecule has 1 aromatic rings. The van der Waals surface area contributed by atoms with Gasteiger partial charge in [-0.1, -0.05) is 6.07 Å². The highest BCUT2D eigenvalue weighted by atomic mass is 19.4. The van der Waals surface area contributed by atoms with Crippen molar-refractivity contribution < 1.29 is 22.7 Å². The number of carbonyl (C=O) groups is 1. The van der Waals surface area contributed by atoms with Gasteiger partial charge in [-0.3, -0.25) is 4.79 Å². The number of halogens is 3. The largest absolute Gasteiger partial charge is 0.416 e. The van der Waals surface area contributed by atoms with Gasteiger partial charge in [-0.2, -0.15) is 13.2 Å². The average Bonchev–Trinajstić information content (AvgIpc) is 2.80. The molecule has 1 aliphatic rings. The Hall–Kier alpha value is -1.36. The third kappa shape index (κ3) is 2.56. The standard InChI is InChI=1S/C13H13F3O2/c1-8-6-10(13(14,15)16)2-3-11(8)12(17)9-4-5-18-7-9/h2-3,6,9H,4-5,7H2,1H3. The van der Waals surface area contributed by atoms with Crippen molar-refractivity contribution in [3.8, 4) is 0 Å². The maximum Gasteiger partial charge on any atom is 0.416 e. The molecule has 0 amide bonds. The maximum absolute atomic E-state index is 12.5. The Morgan fingerprint density at radius 1 is 1.39 bits per heavy atom. The number of Topliss-reactive ketones (excluding diaryl/α,β-unsaturated/α-hetero) is 1. The van der Waals surface area contributed by atoms with Crippen LogP contribution in [0.5, 0.6) is 0 Å². The van der Waals surface area contributed by atoms with Gasteiger partial charge in [0.25, 0.3) is 0 Å².